The molecule has 1 aliphatic rings. The second-order valence-corrected chi connectivity index (χ2v) is 5.28. The molecule has 0 saturated carbocycles. The number of pyridine rings is 1. The summed E-state index contributed by atoms with van der Waals surface area (Å²) in [6.45, 7) is 4.67. The zero-order chi connectivity index (χ0) is 14.0. The normalized spacial score (nSPS) is 19.0. The van der Waals surface area contributed by atoms with E-state index in [0.29, 0.717) is 36.0 Å². The van der Waals surface area contributed by atoms with Crippen LogP contribution in [0.15, 0.2) is 12.3 Å². The third-order valence-corrected chi connectivity index (χ3v) is 3.12. The van der Waals surface area contributed by atoms with Crippen LogP contribution in [0, 0.1) is 0 Å². The van der Waals surface area contributed by atoms with Gasteiger partial charge in [0.05, 0.1) is 17.8 Å². The molecule has 2 heterocycles. The zero-order valence-electron chi connectivity index (χ0n) is 11.0. The van der Waals surface area contributed by atoms with Gasteiger partial charge in [-0.3, -0.25) is 4.79 Å². The van der Waals surface area contributed by atoms with Crippen LogP contribution in [0.5, 0.6) is 5.88 Å². The molecule has 1 saturated heterocycles. The van der Waals surface area contributed by atoms with Gasteiger partial charge in [-0.15, -0.1) is 0 Å². The Morgan fingerprint density at radius 2 is 2.37 bits per heavy atom. The highest BCUT2D eigenvalue weighted by molar-refractivity contribution is 6.32. The van der Waals surface area contributed by atoms with E-state index in [-0.39, 0.29) is 12.0 Å². The molecule has 2 rings (SSSR count). The second kappa shape index (κ2) is 5.75. The van der Waals surface area contributed by atoms with E-state index in [2.05, 4.69) is 4.98 Å². The molecular formula is C13H17ClN2O3. The SMILES string of the molecule is CC(C)Oc1ncc(C(=O)N2CC[C@@H](O)C2)cc1Cl. The number of rotatable bonds is 3. The lowest BCUT2D eigenvalue weighted by atomic mass is 10.2. The topological polar surface area (TPSA) is 62.7 Å². The van der Waals surface area contributed by atoms with Crippen molar-refractivity contribution in [2.75, 3.05) is 13.1 Å². The fourth-order valence-corrected chi connectivity index (χ4v) is 2.17. The van der Waals surface area contributed by atoms with Crippen molar-refractivity contribution in [3.63, 3.8) is 0 Å². The molecule has 0 bridgehead atoms. The number of ether oxygens (including phenoxy) is 1. The molecule has 5 nitrogen and oxygen atoms in total. The molecule has 6 heteroatoms. The number of hydrogen-bond acceptors (Lipinski definition) is 4. The fourth-order valence-electron chi connectivity index (χ4n) is 1.96. The van der Waals surface area contributed by atoms with Crippen molar-refractivity contribution in [3.05, 3.63) is 22.8 Å². The first-order valence-electron chi connectivity index (χ1n) is 6.27. The first-order chi connectivity index (χ1) is 8.97. The Balaban J connectivity index is 2.13. The van der Waals surface area contributed by atoms with Gasteiger partial charge in [0.2, 0.25) is 5.88 Å². The Labute approximate surface area is 117 Å². The fraction of sp³-hybridized carbons (Fsp3) is 0.538. The van der Waals surface area contributed by atoms with E-state index in [1.807, 2.05) is 13.8 Å². The maximum Gasteiger partial charge on any atom is 0.255 e. The van der Waals surface area contributed by atoms with E-state index in [1.54, 1.807) is 11.0 Å². The van der Waals surface area contributed by atoms with Gasteiger partial charge in [0.25, 0.3) is 5.91 Å². The van der Waals surface area contributed by atoms with Gasteiger partial charge in [0, 0.05) is 19.3 Å². The van der Waals surface area contributed by atoms with E-state index in [1.165, 1.54) is 6.20 Å². The number of β-amino-alcohol motifs (C(OH)–C–C–N with tert-alkyl or cyclic N) is 1. The Morgan fingerprint density at radius 1 is 1.63 bits per heavy atom. The summed E-state index contributed by atoms with van der Waals surface area (Å²) >= 11 is 6.05. The van der Waals surface area contributed by atoms with E-state index in [9.17, 15) is 9.90 Å². The Hall–Kier alpha value is -1.33. The molecular weight excluding hydrogens is 268 g/mol. The highest BCUT2D eigenvalue weighted by atomic mass is 35.5. The number of halogens is 1. The zero-order valence-corrected chi connectivity index (χ0v) is 11.7. The summed E-state index contributed by atoms with van der Waals surface area (Å²) in [5.41, 5.74) is 0.412. The van der Waals surface area contributed by atoms with Gasteiger partial charge in [-0.25, -0.2) is 4.98 Å². The maximum absolute atomic E-state index is 12.2. The van der Waals surface area contributed by atoms with Crippen LogP contribution in [0.2, 0.25) is 5.02 Å². The summed E-state index contributed by atoms with van der Waals surface area (Å²) in [6, 6.07) is 1.55. The molecule has 0 spiro atoms. The highest BCUT2D eigenvalue weighted by Gasteiger charge is 2.26. The predicted octanol–water partition coefficient (Wildman–Crippen LogP) is 1.73. The Morgan fingerprint density at radius 3 is 2.89 bits per heavy atom. The van der Waals surface area contributed by atoms with Crippen LogP contribution in [0.3, 0.4) is 0 Å². The molecule has 19 heavy (non-hydrogen) atoms. The molecule has 1 aliphatic heterocycles. The molecule has 0 aromatic carbocycles. The molecule has 1 aromatic rings. The minimum Gasteiger partial charge on any atom is -0.474 e. The number of carbonyl (C=O) groups excluding carboxylic acids is 1. The monoisotopic (exact) mass is 284 g/mol. The lowest BCUT2D eigenvalue weighted by Crippen LogP contribution is -2.29. The molecule has 1 aromatic heterocycles. The molecule has 0 radical (unpaired) electrons. The number of nitrogens with zero attached hydrogens (tertiary/aromatic N) is 2. The van der Waals surface area contributed by atoms with Crippen molar-refractivity contribution in [2.24, 2.45) is 0 Å². The Kier molecular flexibility index (Phi) is 4.27. The largest absolute Gasteiger partial charge is 0.474 e. The first kappa shape index (κ1) is 14.1. The van der Waals surface area contributed by atoms with Gasteiger partial charge >= 0.3 is 0 Å². The molecule has 1 amide bonds. The molecule has 0 aliphatic carbocycles. The molecule has 1 N–H and O–H groups in total. The summed E-state index contributed by atoms with van der Waals surface area (Å²) in [5.74, 6) is 0.164. The summed E-state index contributed by atoms with van der Waals surface area (Å²) < 4.78 is 5.41. The van der Waals surface area contributed by atoms with E-state index in [4.69, 9.17) is 16.3 Å². The van der Waals surface area contributed by atoms with Crippen LogP contribution in [0.1, 0.15) is 30.6 Å². The molecule has 1 fully saturated rings. The minimum atomic E-state index is -0.434. The van der Waals surface area contributed by atoms with Gasteiger partial charge in [0.15, 0.2) is 0 Å². The first-order valence-corrected chi connectivity index (χ1v) is 6.64. The molecule has 104 valence electrons. The van der Waals surface area contributed by atoms with Crippen molar-refractivity contribution in [3.8, 4) is 5.88 Å². The van der Waals surface area contributed by atoms with Crippen molar-refractivity contribution in [2.45, 2.75) is 32.5 Å². The van der Waals surface area contributed by atoms with Gasteiger partial charge in [-0.2, -0.15) is 0 Å². The quantitative estimate of drug-likeness (QED) is 0.918. The number of aliphatic hydroxyl groups excluding tert-OH is 1. The minimum absolute atomic E-state index is 0.0275. The maximum atomic E-state index is 12.2. The molecule has 0 unspecified atom stereocenters. The smallest absolute Gasteiger partial charge is 0.255 e. The van der Waals surface area contributed by atoms with Crippen LogP contribution in [-0.4, -0.2) is 46.2 Å². The standard InChI is InChI=1S/C13H17ClN2O3/c1-8(2)19-12-11(14)5-9(6-15-12)13(18)16-4-3-10(17)7-16/h5-6,8,10,17H,3-4,7H2,1-2H3/t10-/m1/s1. The lowest BCUT2D eigenvalue weighted by Gasteiger charge is -2.16. The van der Waals surface area contributed by atoms with Crippen molar-refractivity contribution >= 4 is 17.5 Å². The number of likely N-dealkylation sites (tertiary alicyclic amines) is 1. The summed E-state index contributed by atoms with van der Waals surface area (Å²) in [7, 11) is 0. The van der Waals surface area contributed by atoms with Crippen LogP contribution >= 0.6 is 11.6 Å². The average Bonchev–Trinajstić information content (AvgIpc) is 2.77. The van der Waals surface area contributed by atoms with Gasteiger partial charge < -0.3 is 14.7 Å². The van der Waals surface area contributed by atoms with E-state index < -0.39 is 6.10 Å². The third kappa shape index (κ3) is 3.36. The van der Waals surface area contributed by atoms with Gasteiger partial charge in [-0.05, 0) is 26.3 Å². The lowest BCUT2D eigenvalue weighted by molar-refractivity contribution is 0.0764. The van der Waals surface area contributed by atoms with Crippen molar-refractivity contribution in [1.82, 2.24) is 9.88 Å². The summed E-state index contributed by atoms with van der Waals surface area (Å²) in [6.07, 6.45) is 1.61. The number of aromatic nitrogens is 1. The van der Waals surface area contributed by atoms with E-state index >= 15 is 0 Å². The van der Waals surface area contributed by atoms with Crippen LogP contribution in [-0.2, 0) is 0 Å². The van der Waals surface area contributed by atoms with Crippen LogP contribution < -0.4 is 4.74 Å². The second-order valence-electron chi connectivity index (χ2n) is 4.87. The van der Waals surface area contributed by atoms with Crippen LogP contribution in [0.25, 0.3) is 0 Å². The predicted molar refractivity (Wildman–Crippen MR) is 71.5 cm³/mol. The number of amides is 1. The van der Waals surface area contributed by atoms with Crippen molar-refractivity contribution < 1.29 is 14.6 Å². The average molecular weight is 285 g/mol. The highest BCUT2D eigenvalue weighted by Crippen LogP contribution is 2.24. The number of aliphatic hydroxyl groups is 1. The summed E-state index contributed by atoms with van der Waals surface area (Å²) in [5, 5.41) is 9.76. The van der Waals surface area contributed by atoms with Crippen molar-refractivity contribution in [1.29, 1.82) is 0 Å². The molecule has 1 atom stereocenters. The number of hydrogen-bond donors (Lipinski definition) is 1. The van der Waals surface area contributed by atoms with E-state index in [0.717, 1.165) is 0 Å². The number of carbonyl (C=O) groups is 1. The third-order valence-electron chi connectivity index (χ3n) is 2.85. The van der Waals surface area contributed by atoms with Crippen LogP contribution in [0.4, 0.5) is 0 Å². The van der Waals surface area contributed by atoms with Gasteiger partial charge in [-0.1, -0.05) is 11.6 Å². The summed E-state index contributed by atoms with van der Waals surface area (Å²) in [4.78, 5) is 17.8. The Bertz CT molecular complexity index is 479. The van der Waals surface area contributed by atoms with Gasteiger partial charge in [0.1, 0.15) is 5.02 Å².